The molecule has 9 nitrogen and oxygen atoms in total. The quantitative estimate of drug-likeness (QED) is 0.342. The number of nitrogens with one attached hydrogen (secondary N) is 3. The van der Waals surface area contributed by atoms with Gasteiger partial charge >= 0.3 is 6.09 Å². The van der Waals surface area contributed by atoms with E-state index >= 15 is 0 Å². The van der Waals surface area contributed by atoms with Crippen LogP contribution < -0.4 is 5.32 Å². The number of rotatable bonds is 7. The Bertz CT molecular complexity index is 1450. The number of carbonyl (C=O) groups excluding carboxylic acids is 2. The minimum Gasteiger partial charge on any atom is -0.453 e. The van der Waals surface area contributed by atoms with E-state index in [1.165, 1.54) is 22.5 Å². The molecule has 0 aliphatic carbocycles. The summed E-state index contributed by atoms with van der Waals surface area (Å²) in [5.41, 5.74) is 4.36. The molecule has 1 aromatic carbocycles. The first-order chi connectivity index (χ1) is 19.4. The number of hydrogen-bond donors (Lipinski definition) is 3. The van der Waals surface area contributed by atoms with Crippen molar-refractivity contribution >= 4 is 45.3 Å². The molecule has 3 aromatic rings. The van der Waals surface area contributed by atoms with Crippen molar-refractivity contribution in [3.63, 3.8) is 0 Å². The molecular formula is C29H32N6O3S2. The number of imidazole rings is 2. The van der Waals surface area contributed by atoms with E-state index in [2.05, 4.69) is 56.7 Å². The second-order valence-corrected chi connectivity index (χ2v) is 12.9. The zero-order chi connectivity index (χ0) is 27.8. The number of amides is 2. The predicted octanol–water partition coefficient (Wildman–Crippen LogP) is 5.46. The van der Waals surface area contributed by atoms with Gasteiger partial charge in [-0.2, -0.15) is 0 Å². The average molecular weight is 577 g/mol. The van der Waals surface area contributed by atoms with Crippen LogP contribution in [0.1, 0.15) is 49.8 Å². The lowest BCUT2D eigenvalue weighted by atomic mass is 10.0. The number of nitrogens with zero attached hydrogens (tertiary/aromatic N) is 3. The van der Waals surface area contributed by atoms with Gasteiger partial charge in [0.1, 0.15) is 11.9 Å². The molecule has 208 valence electrons. The van der Waals surface area contributed by atoms with Gasteiger partial charge in [-0.3, -0.25) is 4.79 Å². The number of ether oxygens (including phenoxy) is 1. The van der Waals surface area contributed by atoms with Crippen molar-refractivity contribution in [1.82, 2.24) is 30.2 Å². The lowest BCUT2D eigenvalue weighted by molar-refractivity contribution is -0.135. The van der Waals surface area contributed by atoms with E-state index in [-0.39, 0.29) is 17.9 Å². The molecule has 0 bridgehead atoms. The summed E-state index contributed by atoms with van der Waals surface area (Å²) in [6.07, 6.45) is 11.2. The van der Waals surface area contributed by atoms with Crippen LogP contribution in [-0.2, 0) is 9.53 Å². The second-order valence-electron chi connectivity index (χ2n) is 10.5. The van der Waals surface area contributed by atoms with E-state index in [0.29, 0.717) is 17.0 Å². The smallest absolute Gasteiger partial charge is 0.407 e. The summed E-state index contributed by atoms with van der Waals surface area (Å²) in [5.74, 6) is 0.627. The lowest BCUT2D eigenvalue weighted by Gasteiger charge is -2.30. The zero-order valence-corrected chi connectivity index (χ0v) is 24.2. The largest absolute Gasteiger partial charge is 0.453 e. The van der Waals surface area contributed by atoms with Crippen molar-refractivity contribution in [2.24, 2.45) is 5.92 Å². The van der Waals surface area contributed by atoms with E-state index in [0.717, 1.165) is 35.6 Å². The average Bonchev–Trinajstić information content (AvgIpc) is 3.77. The molecule has 3 aliphatic rings. The highest BCUT2D eigenvalue weighted by molar-refractivity contribution is 8.14. The van der Waals surface area contributed by atoms with Crippen LogP contribution in [0.4, 0.5) is 4.79 Å². The third-order valence-electron chi connectivity index (χ3n) is 7.56. The van der Waals surface area contributed by atoms with E-state index in [1.54, 1.807) is 6.33 Å². The summed E-state index contributed by atoms with van der Waals surface area (Å²) < 4.78 is 4.74. The van der Waals surface area contributed by atoms with Gasteiger partial charge in [-0.25, -0.2) is 14.8 Å². The van der Waals surface area contributed by atoms with Crippen LogP contribution >= 0.6 is 23.5 Å². The summed E-state index contributed by atoms with van der Waals surface area (Å²) in [7, 11) is 1.31. The molecule has 40 heavy (non-hydrogen) atoms. The summed E-state index contributed by atoms with van der Waals surface area (Å²) in [5, 5.41) is 3.44. The van der Waals surface area contributed by atoms with Crippen molar-refractivity contribution in [2.75, 3.05) is 13.7 Å². The van der Waals surface area contributed by atoms with Gasteiger partial charge in [-0.15, -0.1) is 23.5 Å². The number of aromatic nitrogens is 4. The monoisotopic (exact) mass is 576 g/mol. The Kier molecular flexibility index (Phi) is 7.50. The van der Waals surface area contributed by atoms with Crippen LogP contribution in [0, 0.1) is 5.92 Å². The van der Waals surface area contributed by atoms with Gasteiger partial charge in [0.05, 0.1) is 43.3 Å². The van der Waals surface area contributed by atoms with Crippen molar-refractivity contribution in [1.29, 1.82) is 0 Å². The first-order valence-electron chi connectivity index (χ1n) is 13.5. The molecule has 4 atom stereocenters. The number of methoxy groups -OCH3 is 1. The fraction of sp³-hybridized carbons (Fsp3) is 0.379. The van der Waals surface area contributed by atoms with Crippen molar-refractivity contribution in [3.05, 3.63) is 72.2 Å². The van der Waals surface area contributed by atoms with Gasteiger partial charge in [0.15, 0.2) is 0 Å². The van der Waals surface area contributed by atoms with Crippen LogP contribution in [0.25, 0.3) is 21.1 Å². The molecule has 3 aliphatic heterocycles. The normalized spacial score (nSPS) is 22.7. The number of hydrogen-bond acceptors (Lipinski definition) is 7. The van der Waals surface area contributed by atoms with Crippen molar-refractivity contribution < 1.29 is 14.3 Å². The van der Waals surface area contributed by atoms with Gasteiger partial charge in [-0.1, -0.05) is 50.3 Å². The van der Waals surface area contributed by atoms with E-state index in [1.807, 2.05) is 54.7 Å². The van der Waals surface area contributed by atoms with E-state index in [9.17, 15) is 9.59 Å². The highest BCUT2D eigenvalue weighted by Gasteiger charge is 2.38. The maximum atomic E-state index is 13.4. The topological polar surface area (TPSA) is 116 Å². The fourth-order valence-electron chi connectivity index (χ4n) is 5.43. The highest BCUT2D eigenvalue weighted by atomic mass is 32.2. The van der Waals surface area contributed by atoms with Gasteiger partial charge in [-0.05, 0) is 29.9 Å². The summed E-state index contributed by atoms with van der Waals surface area (Å²) in [6.45, 7) is 4.48. The molecule has 1 fully saturated rings. The molecule has 2 amide bonds. The number of H-pyrrole nitrogens is 2. The van der Waals surface area contributed by atoms with E-state index < -0.39 is 12.1 Å². The molecule has 0 saturated carbocycles. The number of likely N-dealkylation sites (tertiary alicyclic amines) is 1. The molecule has 1 saturated heterocycles. The van der Waals surface area contributed by atoms with Crippen LogP contribution in [0.5, 0.6) is 0 Å². The molecule has 0 spiro atoms. The van der Waals surface area contributed by atoms with Crippen LogP contribution in [0.2, 0.25) is 0 Å². The number of aromatic amines is 2. The lowest BCUT2D eigenvalue weighted by Crippen LogP contribution is -2.51. The molecule has 3 N–H and O–H groups in total. The van der Waals surface area contributed by atoms with Crippen molar-refractivity contribution in [3.8, 4) is 11.3 Å². The number of benzene rings is 1. The Balaban J connectivity index is 1.11. The zero-order valence-electron chi connectivity index (χ0n) is 22.6. The highest BCUT2D eigenvalue weighted by Crippen LogP contribution is 2.53. The molecule has 2 aromatic heterocycles. The van der Waals surface area contributed by atoms with Gasteiger partial charge in [0.2, 0.25) is 5.91 Å². The third-order valence-corrected chi connectivity index (χ3v) is 10.4. The standard InChI is InChI=1S/C29H32N6O3S2/c1-16(2)26(34-29(37)38-3)28(36)35-10-4-5-21(35)27-31-14-20(33-27)23-12-25-24(40-23)11-22(39-25)18-8-6-17(7-9-18)19-13-30-15-32-19/h6-9,11-16,21,24-26H,4-5,10H2,1-3H3,(H,30,32)(H,31,33)(H,34,37)/t21-,24?,25?,26-/m0/s1. The molecule has 5 heterocycles. The summed E-state index contributed by atoms with van der Waals surface area (Å²) >= 11 is 3.75. The van der Waals surface area contributed by atoms with Gasteiger partial charge < -0.3 is 24.9 Å². The molecule has 11 heteroatoms. The molecule has 6 rings (SSSR count). The molecular weight excluding hydrogens is 544 g/mol. The Labute approximate surface area is 241 Å². The number of thioether (sulfide) groups is 2. The van der Waals surface area contributed by atoms with Crippen LogP contribution in [0.3, 0.4) is 0 Å². The first kappa shape index (κ1) is 26.8. The molecule has 0 radical (unpaired) electrons. The van der Waals surface area contributed by atoms with Gasteiger partial charge in [0.25, 0.3) is 0 Å². The Morgan fingerprint density at radius 2 is 1.77 bits per heavy atom. The Morgan fingerprint density at radius 3 is 2.48 bits per heavy atom. The Hall–Kier alpha value is -3.44. The van der Waals surface area contributed by atoms with E-state index in [4.69, 9.17) is 9.72 Å². The Morgan fingerprint density at radius 1 is 1.05 bits per heavy atom. The van der Waals surface area contributed by atoms with Crippen LogP contribution in [-0.4, -0.2) is 67.0 Å². The first-order valence-corrected chi connectivity index (χ1v) is 15.2. The predicted molar refractivity (Wildman–Crippen MR) is 159 cm³/mol. The number of alkyl carbamates (subject to hydrolysis) is 1. The van der Waals surface area contributed by atoms with Crippen LogP contribution in [0.15, 0.2) is 55.1 Å². The van der Waals surface area contributed by atoms with Crippen molar-refractivity contribution in [2.45, 2.75) is 49.3 Å². The molecule has 2 unspecified atom stereocenters. The summed E-state index contributed by atoms with van der Waals surface area (Å²) in [6, 6.07) is 7.82. The number of fused-ring (bicyclic) bond motifs is 1. The fourth-order valence-corrected chi connectivity index (χ4v) is 8.31. The SMILES string of the molecule is COC(=O)N[C@H](C(=O)N1CCC[C@H]1c1ncc(C2=CC3SC(c4ccc(-c5cnc[nH]5)cc4)=CC3S2)[nH]1)C(C)C. The summed E-state index contributed by atoms with van der Waals surface area (Å²) in [4.78, 5) is 45.1. The van der Waals surface area contributed by atoms with Gasteiger partial charge in [0, 0.05) is 26.9 Å². The number of carbonyl (C=O) groups is 2. The third kappa shape index (κ3) is 5.19. The minimum atomic E-state index is -0.644. The maximum Gasteiger partial charge on any atom is 0.407 e. The minimum absolute atomic E-state index is 0.0656. The maximum absolute atomic E-state index is 13.4. The second kappa shape index (κ2) is 11.2.